The van der Waals surface area contributed by atoms with E-state index in [9.17, 15) is 4.79 Å². The SMILES string of the molecule is COc1ccc(-n2c(=O)ccc3c(Br)c(C#N)sc32)cc1. The number of fused-ring (bicyclic) bond motifs is 1. The number of rotatable bonds is 2. The van der Waals surface area contributed by atoms with Gasteiger partial charge in [0.2, 0.25) is 0 Å². The van der Waals surface area contributed by atoms with Crippen LogP contribution in [0.25, 0.3) is 15.9 Å². The third-order valence-electron chi connectivity index (χ3n) is 3.11. The number of aromatic nitrogens is 1. The molecular weight excluding hydrogens is 352 g/mol. The van der Waals surface area contributed by atoms with Crippen molar-refractivity contribution in [2.24, 2.45) is 0 Å². The molecule has 0 unspecified atom stereocenters. The minimum atomic E-state index is -0.133. The van der Waals surface area contributed by atoms with E-state index < -0.39 is 0 Å². The lowest BCUT2D eigenvalue weighted by Crippen LogP contribution is -2.16. The molecule has 104 valence electrons. The van der Waals surface area contributed by atoms with Crippen LogP contribution in [0, 0.1) is 11.3 Å². The number of nitrogens with zero attached hydrogens (tertiary/aromatic N) is 2. The highest BCUT2D eigenvalue weighted by Crippen LogP contribution is 2.35. The first kappa shape index (κ1) is 13.9. The molecule has 0 N–H and O–H groups in total. The number of methoxy groups -OCH3 is 1. The van der Waals surface area contributed by atoms with Gasteiger partial charge in [-0.25, -0.2) is 0 Å². The van der Waals surface area contributed by atoms with Gasteiger partial charge in [-0.15, -0.1) is 11.3 Å². The minimum absolute atomic E-state index is 0.133. The van der Waals surface area contributed by atoms with E-state index in [0.717, 1.165) is 26.1 Å². The topological polar surface area (TPSA) is 55.0 Å². The van der Waals surface area contributed by atoms with Crippen LogP contribution in [0.5, 0.6) is 5.75 Å². The molecule has 2 aromatic heterocycles. The summed E-state index contributed by atoms with van der Waals surface area (Å²) in [5.41, 5.74) is 0.607. The Kier molecular flexibility index (Phi) is 3.53. The zero-order valence-corrected chi connectivity index (χ0v) is 13.4. The van der Waals surface area contributed by atoms with E-state index in [-0.39, 0.29) is 5.56 Å². The zero-order chi connectivity index (χ0) is 15.0. The van der Waals surface area contributed by atoms with Crippen LogP contribution in [0.1, 0.15) is 4.88 Å². The second-order valence-electron chi connectivity index (χ2n) is 4.28. The molecule has 3 rings (SSSR count). The third kappa shape index (κ3) is 2.24. The molecule has 1 aromatic carbocycles. The summed E-state index contributed by atoms with van der Waals surface area (Å²) in [6.45, 7) is 0. The van der Waals surface area contributed by atoms with Crippen LogP contribution in [0.4, 0.5) is 0 Å². The Hall–Kier alpha value is -2.10. The molecule has 0 atom stereocenters. The Labute approximate surface area is 133 Å². The Morgan fingerprint density at radius 2 is 1.95 bits per heavy atom. The van der Waals surface area contributed by atoms with Crippen molar-refractivity contribution in [3.63, 3.8) is 0 Å². The van der Waals surface area contributed by atoms with Crippen LogP contribution < -0.4 is 10.3 Å². The van der Waals surface area contributed by atoms with Gasteiger partial charge in [-0.1, -0.05) is 0 Å². The van der Waals surface area contributed by atoms with Crippen molar-refractivity contribution in [2.75, 3.05) is 7.11 Å². The molecular formula is C15H9BrN2O2S. The fraction of sp³-hybridized carbons (Fsp3) is 0.0667. The Balaban J connectivity index is 2.33. The predicted molar refractivity (Wildman–Crippen MR) is 86.4 cm³/mol. The van der Waals surface area contributed by atoms with Crippen LogP contribution in [0.15, 0.2) is 45.7 Å². The monoisotopic (exact) mass is 360 g/mol. The van der Waals surface area contributed by atoms with Gasteiger partial charge in [-0.3, -0.25) is 9.36 Å². The van der Waals surface area contributed by atoms with Crippen molar-refractivity contribution in [1.29, 1.82) is 5.26 Å². The summed E-state index contributed by atoms with van der Waals surface area (Å²) in [4.78, 5) is 13.5. The van der Waals surface area contributed by atoms with E-state index in [0.29, 0.717) is 4.88 Å². The number of benzene rings is 1. The first-order chi connectivity index (χ1) is 10.2. The first-order valence-corrected chi connectivity index (χ1v) is 7.65. The van der Waals surface area contributed by atoms with Gasteiger partial charge in [0.25, 0.3) is 5.56 Å². The Morgan fingerprint density at radius 3 is 2.57 bits per heavy atom. The molecule has 0 aliphatic carbocycles. The lowest BCUT2D eigenvalue weighted by Gasteiger charge is -2.08. The number of ether oxygens (including phenoxy) is 1. The highest BCUT2D eigenvalue weighted by molar-refractivity contribution is 9.10. The molecule has 0 saturated carbocycles. The molecule has 0 aliphatic rings. The highest BCUT2D eigenvalue weighted by atomic mass is 79.9. The molecule has 0 fully saturated rings. The summed E-state index contributed by atoms with van der Waals surface area (Å²) in [6.07, 6.45) is 0. The van der Waals surface area contributed by atoms with Crippen molar-refractivity contribution in [3.8, 4) is 17.5 Å². The van der Waals surface area contributed by atoms with Crippen molar-refractivity contribution < 1.29 is 4.74 Å². The third-order valence-corrected chi connectivity index (χ3v) is 5.29. The highest BCUT2D eigenvalue weighted by Gasteiger charge is 2.14. The summed E-state index contributed by atoms with van der Waals surface area (Å²) in [5.74, 6) is 0.726. The molecule has 21 heavy (non-hydrogen) atoms. The van der Waals surface area contributed by atoms with Gasteiger partial charge >= 0.3 is 0 Å². The maximum Gasteiger partial charge on any atom is 0.256 e. The second-order valence-corrected chi connectivity index (χ2v) is 6.07. The number of hydrogen-bond acceptors (Lipinski definition) is 4. The van der Waals surface area contributed by atoms with E-state index >= 15 is 0 Å². The molecule has 0 amide bonds. The number of pyridine rings is 1. The van der Waals surface area contributed by atoms with Gasteiger partial charge in [0.15, 0.2) is 0 Å². The Morgan fingerprint density at radius 1 is 1.24 bits per heavy atom. The molecule has 0 radical (unpaired) electrons. The van der Waals surface area contributed by atoms with Gasteiger partial charge in [0.05, 0.1) is 17.3 Å². The first-order valence-electron chi connectivity index (χ1n) is 6.04. The molecule has 0 saturated heterocycles. The van der Waals surface area contributed by atoms with Crippen molar-refractivity contribution in [2.45, 2.75) is 0 Å². The summed E-state index contributed by atoms with van der Waals surface area (Å²) < 4.78 is 7.46. The van der Waals surface area contributed by atoms with Gasteiger partial charge < -0.3 is 4.74 Å². The normalized spacial score (nSPS) is 10.5. The minimum Gasteiger partial charge on any atom is -0.497 e. The number of halogens is 1. The summed E-state index contributed by atoms with van der Waals surface area (Å²) >= 11 is 4.71. The summed E-state index contributed by atoms with van der Waals surface area (Å²) in [7, 11) is 1.59. The van der Waals surface area contributed by atoms with E-state index in [4.69, 9.17) is 10.00 Å². The Bertz CT molecular complexity index is 920. The van der Waals surface area contributed by atoms with Crippen molar-refractivity contribution in [1.82, 2.24) is 4.57 Å². The smallest absolute Gasteiger partial charge is 0.256 e. The maximum absolute atomic E-state index is 12.2. The number of thiophene rings is 1. The van der Waals surface area contributed by atoms with Crippen LogP contribution in [0.2, 0.25) is 0 Å². The largest absolute Gasteiger partial charge is 0.497 e. The van der Waals surface area contributed by atoms with Crippen LogP contribution in [0.3, 0.4) is 0 Å². The molecule has 6 heteroatoms. The summed E-state index contributed by atoms with van der Waals surface area (Å²) in [6, 6.07) is 12.6. The zero-order valence-electron chi connectivity index (χ0n) is 11.0. The van der Waals surface area contributed by atoms with Crippen LogP contribution in [-0.4, -0.2) is 11.7 Å². The molecule has 0 spiro atoms. The maximum atomic E-state index is 12.2. The lowest BCUT2D eigenvalue weighted by molar-refractivity contribution is 0.415. The van der Waals surface area contributed by atoms with E-state index in [1.807, 2.05) is 12.1 Å². The standard InChI is InChI=1S/C15H9BrN2O2S/c1-20-10-4-2-9(3-5-10)18-13(19)7-6-11-14(16)12(8-17)21-15(11)18/h2-7H,1H3. The van der Waals surface area contributed by atoms with Gasteiger partial charge in [0.1, 0.15) is 21.5 Å². The molecule has 0 bridgehead atoms. The number of nitriles is 1. The van der Waals surface area contributed by atoms with E-state index in [1.165, 1.54) is 17.4 Å². The molecule has 4 nitrogen and oxygen atoms in total. The quantitative estimate of drug-likeness (QED) is 0.700. The van der Waals surface area contributed by atoms with Gasteiger partial charge in [-0.05, 0) is 46.3 Å². The average molecular weight is 361 g/mol. The van der Waals surface area contributed by atoms with Gasteiger partial charge in [0, 0.05) is 11.5 Å². The molecule has 3 aromatic rings. The van der Waals surface area contributed by atoms with E-state index in [2.05, 4.69) is 22.0 Å². The predicted octanol–water partition coefficient (Wildman–Crippen LogP) is 3.69. The molecule has 2 heterocycles. The second kappa shape index (κ2) is 5.35. The number of hydrogen-bond donors (Lipinski definition) is 0. The van der Waals surface area contributed by atoms with Crippen molar-refractivity contribution >= 4 is 37.5 Å². The van der Waals surface area contributed by atoms with Gasteiger partial charge in [-0.2, -0.15) is 5.26 Å². The fourth-order valence-electron chi connectivity index (χ4n) is 2.10. The summed E-state index contributed by atoms with van der Waals surface area (Å²) in [5, 5.41) is 10.00. The average Bonchev–Trinajstić information content (AvgIpc) is 2.84. The van der Waals surface area contributed by atoms with Crippen LogP contribution in [-0.2, 0) is 0 Å². The lowest BCUT2D eigenvalue weighted by atomic mass is 10.2. The van der Waals surface area contributed by atoms with E-state index in [1.54, 1.807) is 29.9 Å². The van der Waals surface area contributed by atoms with Crippen LogP contribution >= 0.6 is 27.3 Å². The molecule has 0 aliphatic heterocycles. The fourth-order valence-corrected chi connectivity index (χ4v) is 3.89. The van der Waals surface area contributed by atoms with Crippen molar-refractivity contribution in [3.05, 3.63) is 56.1 Å².